The van der Waals surface area contributed by atoms with Gasteiger partial charge in [-0.1, -0.05) is 58.4 Å². The van der Waals surface area contributed by atoms with Gasteiger partial charge in [0, 0.05) is 16.6 Å². The first kappa shape index (κ1) is 17.4. The summed E-state index contributed by atoms with van der Waals surface area (Å²) < 4.78 is 0.734. The van der Waals surface area contributed by atoms with Gasteiger partial charge in [0.2, 0.25) is 0 Å². The van der Waals surface area contributed by atoms with Crippen LogP contribution in [0.1, 0.15) is 38.0 Å². The molecule has 0 fully saturated rings. The quantitative estimate of drug-likeness (QED) is 0.591. The number of fused-ring (bicyclic) bond motifs is 3. The van der Waals surface area contributed by atoms with E-state index in [2.05, 4.69) is 15.9 Å². The molecular formula is C21H15BrN2O3. The van der Waals surface area contributed by atoms with Crippen LogP contribution in [0.3, 0.4) is 0 Å². The highest BCUT2D eigenvalue weighted by molar-refractivity contribution is 9.10. The summed E-state index contributed by atoms with van der Waals surface area (Å²) in [5, 5.41) is 3.68. The van der Waals surface area contributed by atoms with Crippen LogP contribution >= 0.6 is 15.9 Å². The van der Waals surface area contributed by atoms with Gasteiger partial charge >= 0.3 is 0 Å². The van der Waals surface area contributed by atoms with Crippen molar-refractivity contribution in [2.75, 3.05) is 6.54 Å². The highest BCUT2D eigenvalue weighted by atomic mass is 79.9. The lowest BCUT2D eigenvalue weighted by molar-refractivity contribution is 0.00567. The zero-order valence-corrected chi connectivity index (χ0v) is 16.1. The van der Waals surface area contributed by atoms with Crippen LogP contribution in [-0.2, 0) is 0 Å². The first-order chi connectivity index (χ1) is 13.0. The van der Waals surface area contributed by atoms with Gasteiger partial charge in [0.15, 0.2) is 0 Å². The Hall–Kier alpha value is -2.99. The average Bonchev–Trinajstić information content (AvgIpc) is 2.94. The summed E-state index contributed by atoms with van der Waals surface area (Å²) in [6.07, 6.45) is 0. The Morgan fingerprint density at radius 1 is 0.963 bits per heavy atom. The van der Waals surface area contributed by atoms with E-state index in [0.717, 1.165) is 14.9 Å². The van der Waals surface area contributed by atoms with Gasteiger partial charge in [0.25, 0.3) is 17.7 Å². The van der Waals surface area contributed by atoms with E-state index in [1.54, 1.807) is 43.3 Å². The fraction of sp³-hybridized carbons (Fsp3) is 0.0952. The van der Waals surface area contributed by atoms with Crippen LogP contribution in [0, 0.1) is 0 Å². The van der Waals surface area contributed by atoms with E-state index >= 15 is 0 Å². The van der Waals surface area contributed by atoms with Crippen molar-refractivity contribution in [2.24, 2.45) is 0 Å². The second-order valence-corrected chi connectivity index (χ2v) is 6.99. The number of halogens is 1. The number of amides is 3. The summed E-state index contributed by atoms with van der Waals surface area (Å²) in [7, 11) is 0. The van der Waals surface area contributed by atoms with Gasteiger partial charge in [-0.25, -0.2) is 5.01 Å². The van der Waals surface area contributed by atoms with E-state index in [-0.39, 0.29) is 6.54 Å². The molecule has 0 spiro atoms. The molecule has 3 aromatic carbocycles. The molecule has 0 bridgehead atoms. The van der Waals surface area contributed by atoms with Crippen molar-refractivity contribution in [2.45, 2.75) is 6.92 Å². The Balaban J connectivity index is 1.83. The third-order valence-electron chi connectivity index (χ3n) is 4.62. The SMILES string of the molecule is CCN(C(=O)c1ccccc1)N1C(=O)c2cc(Br)c3ccccc3c2C1=O. The van der Waals surface area contributed by atoms with E-state index in [4.69, 9.17) is 0 Å². The molecule has 0 unspecified atom stereocenters. The van der Waals surface area contributed by atoms with E-state index < -0.39 is 17.7 Å². The zero-order chi connectivity index (χ0) is 19.1. The molecule has 134 valence electrons. The van der Waals surface area contributed by atoms with Crippen molar-refractivity contribution in [3.63, 3.8) is 0 Å². The molecule has 4 rings (SSSR count). The van der Waals surface area contributed by atoms with Crippen LogP contribution in [0.25, 0.3) is 10.8 Å². The van der Waals surface area contributed by atoms with Gasteiger partial charge in [-0.05, 0) is 35.9 Å². The smallest absolute Gasteiger partial charge is 0.267 e. The molecule has 0 aliphatic carbocycles. The second-order valence-electron chi connectivity index (χ2n) is 6.14. The van der Waals surface area contributed by atoms with Crippen LogP contribution in [0.4, 0.5) is 0 Å². The lowest BCUT2D eigenvalue weighted by atomic mass is 10.0. The number of hydrazine groups is 1. The number of hydrogen-bond donors (Lipinski definition) is 0. The van der Waals surface area contributed by atoms with E-state index in [1.165, 1.54) is 5.01 Å². The van der Waals surface area contributed by atoms with E-state index in [0.29, 0.717) is 22.1 Å². The molecule has 3 aromatic rings. The van der Waals surface area contributed by atoms with Crippen molar-refractivity contribution in [3.05, 3.63) is 81.8 Å². The first-order valence-corrected chi connectivity index (χ1v) is 9.30. The summed E-state index contributed by atoms with van der Waals surface area (Å²) in [4.78, 5) is 39.1. The minimum Gasteiger partial charge on any atom is -0.267 e. The predicted molar refractivity (Wildman–Crippen MR) is 105 cm³/mol. The molecule has 6 heteroatoms. The molecular weight excluding hydrogens is 408 g/mol. The molecule has 0 atom stereocenters. The summed E-state index contributed by atoms with van der Waals surface area (Å²) >= 11 is 3.47. The molecule has 5 nitrogen and oxygen atoms in total. The van der Waals surface area contributed by atoms with Crippen molar-refractivity contribution < 1.29 is 14.4 Å². The van der Waals surface area contributed by atoms with Gasteiger partial charge in [0.1, 0.15) is 0 Å². The number of benzene rings is 3. The number of imide groups is 1. The largest absolute Gasteiger partial charge is 0.281 e. The Morgan fingerprint density at radius 3 is 2.26 bits per heavy atom. The number of nitrogens with zero attached hydrogens (tertiary/aromatic N) is 2. The molecule has 0 radical (unpaired) electrons. The molecule has 1 aliphatic heterocycles. The number of carbonyl (C=O) groups is 3. The maximum atomic E-state index is 13.2. The average molecular weight is 423 g/mol. The predicted octanol–water partition coefficient (Wildman–Crippen LogP) is 4.28. The minimum absolute atomic E-state index is 0.193. The number of carbonyl (C=O) groups excluding carboxylic acids is 3. The Morgan fingerprint density at radius 2 is 1.59 bits per heavy atom. The van der Waals surface area contributed by atoms with Crippen LogP contribution < -0.4 is 0 Å². The molecule has 1 heterocycles. The number of rotatable bonds is 3. The highest BCUT2D eigenvalue weighted by Gasteiger charge is 2.42. The first-order valence-electron chi connectivity index (χ1n) is 8.51. The Bertz CT molecular complexity index is 1100. The van der Waals surface area contributed by atoms with Gasteiger partial charge < -0.3 is 0 Å². The van der Waals surface area contributed by atoms with Crippen LogP contribution in [0.2, 0.25) is 0 Å². The van der Waals surface area contributed by atoms with Crippen molar-refractivity contribution in [3.8, 4) is 0 Å². The van der Waals surface area contributed by atoms with E-state index in [9.17, 15) is 14.4 Å². The maximum absolute atomic E-state index is 13.2. The third-order valence-corrected chi connectivity index (χ3v) is 5.28. The van der Waals surface area contributed by atoms with Gasteiger partial charge in [0.05, 0.1) is 11.1 Å². The van der Waals surface area contributed by atoms with Crippen molar-refractivity contribution >= 4 is 44.4 Å². The molecule has 3 amide bonds. The topological polar surface area (TPSA) is 57.7 Å². The highest BCUT2D eigenvalue weighted by Crippen LogP contribution is 2.35. The summed E-state index contributed by atoms with van der Waals surface area (Å²) in [6, 6.07) is 17.7. The third kappa shape index (κ3) is 2.64. The monoisotopic (exact) mass is 422 g/mol. The van der Waals surface area contributed by atoms with Crippen LogP contribution in [0.5, 0.6) is 0 Å². The molecule has 0 aromatic heterocycles. The van der Waals surface area contributed by atoms with Gasteiger partial charge in [-0.2, -0.15) is 5.01 Å². The van der Waals surface area contributed by atoms with Crippen LogP contribution in [0.15, 0.2) is 65.1 Å². The van der Waals surface area contributed by atoms with Gasteiger partial charge in [-0.15, -0.1) is 0 Å². The lowest BCUT2D eigenvalue weighted by Crippen LogP contribution is -2.49. The van der Waals surface area contributed by atoms with E-state index in [1.807, 2.05) is 24.3 Å². The maximum Gasteiger partial charge on any atom is 0.281 e. The van der Waals surface area contributed by atoms with Crippen molar-refractivity contribution in [1.82, 2.24) is 10.0 Å². The minimum atomic E-state index is -0.493. The Kier molecular flexibility index (Phi) is 4.28. The molecule has 0 saturated heterocycles. The lowest BCUT2D eigenvalue weighted by Gasteiger charge is -2.28. The Labute approximate surface area is 164 Å². The second kappa shape index (κ2) is 6.63. The standard InChI is InChI=1S/C21H15BrN2O3/c1-2-23(19(25)13-8-4-3-5-9-13)24-20(26)16-12-17(22)14-10-6-7-11-15(14)18(16)21(24)27/h3-12H,2H2,1H3. The summed E-state index contributed by atoms with van der Waals surface area (Å²) in [5.41, 5.74) is 1.05. The summed E-state index contributed by atoms with van der Waals surface area (Å²) in [6.45, 7) is 1.93. The molecule has 1 aliphatic rings. The fourth-order valence-electron chi connectivity index (χ4n) is 3.37. The molecule has 27 heavy (non-hydrogen) atoms. The van der Waals surface area contributed by atoms with Crippen LogP contribution in [-0.4, -0.2) is 34.3 Å². The fourth-order valence-corrected chi connectivity index (χ4v) is 3.94. The molecule has 0 N–H and O–H groups in total. The normalized spacial score (nSPS) is 13.2. The zero-order valence-electron chi connectivity index (χ0n) is 14.5. The number of hydrogen-bond acceptors (Lipinski definition) is 3. The van der Waals surface area contributed by atoms with Crippen molar-refractivity contribution in [1.29, 1.82) is 0 Å². The summed E-state index contributed by atoms with van der Waals surface area (Å²) in [5.74, 6) is -1.37. The molecule has 0 saturated carbocycles. The van der Waals surface area contributed by atoms with Gasteiger partial charge in [-0.3, -0.25) is 14.4 Å².